The average molecular weight is 261 g/mol. The molecule has 1 unspecified atom stereocenters. The van der Waals surface area contributed by atoms with E-state index >= 15 is 0 Å². The van der Waals surface area contributed by atoms with E-state index in [1.54, 1.807) is 11.8 Å². The van der Waals surface area contributed by atoms with Gasteiger partial charge < -0.3 is 9.64 Å². The van der Waals surface area contributed by atoms with Crippen molar-refractivity contribution in [1.29, 1.82) is 0 Å². The van der Waals surface area contributed by atoms with Crippen molar-refractivity contribution < 1.29 is 17.9 Å². The van der Waals surface area contributed by atoms with Crippen LogP contribution in [0.15, 0.2) is 0 Å². The van der Waals surface area contributed by atoms with Gasteiger partial charge in [0.15, 0.2) is 9.84 Å². The average Bonchev–Trinajstić information content (AvgIpc) is 2.28. The van der Waals surface area contributed by atoms with E-state index in [1.165, 1.54) is 0 Å². The van der Waals surface area contributed by atoms with E-state index in [2.05, 4.69) is 0 Å². The summed E-state index contributed by atoms with van der Waals surface area (Å²) < 4.78 is 28.4. The van der Waals surface area contributed by atoms with Crippen LogP contribution in [-0.4, -0.2) is 56.5 Å². The molecule has 0 aromatic heterocycles. The zero-order valence-electron chi connectivity index (χ0n) is 10.1. The van der Waals surface area contributed by atoms with Crippen molar-refractivity contribution in [3.63, 3.8) is 0 Å². The minimum atomic E-state index is -2.98. The molecule has 2 aliphatic rings. The van der Waals surface area contributed by atoms with Gasteiger partial charge in [0, 0.05) is 25.4 Å². The fourth-order valence-electron chi connectivity index (χ4n) is 2.27. The van der Waals surface area contributed by atoms with Crippen LogP contribution in [0.2, 0.25) is 0 Å². The molecule has 98 valence electrons. The Kier molecular flexibility index (Phi) is 3.73. The predicted octanol–water partition coefficient (Wildman–Crippen LogP) is 0.0585. The monoisotopic (exact) mass is 261 g/mol. The lowest BCUT2D eigenvalue weighted by atomic mass is 9.99. The second-order valence-electron chi connectivity index (χ2n) is 4.73. The summed E-state index contributed by atoms with van der Waals surface area (Å²) in [6.07, 6.45) is 1.78. The van der Waals surface area contributed by atoms with Crippen LogP contribution in [0.4, 0.5) is 0 Å². The molecule has 2 fully saturated rings. The Hall–Kier alpha value is -0.620. The van der Waals surface area contributed by atoms with Gasteiger partial charge in [-0.15, -0.1) is 0 Å². The number of rotatable bonds is 3. The molecule has 2 saturated heterocycles. The quantitative estimate of drug-likeness (QED) is 0.720. The van der Waals surface area contributed by atoms with Crippen molar-refractivity contribution in [3.8, 4) is 0 Å². The molecular weight excluding hydrogens is 242 g/mol. The molecule has 0 spiro atoms. The zero-order valence-corrected chi connectivity index (χ0v) is 10.9. The summed E-state index contributed by atoms with van der Waals surface area (Å²) in [5.41, 5.74) is 0. The standard InChI is InChI=1S/C11H19NO4S/c1-2-17(14,15)10-6-12(7-10)11(13)9-4-3-5-16-8-9/h9-10H,2-8H2,1H3. The van der Waals surface area contributed by atoms with Crippen LogP contribution >= 0.6 is 0 Å². The molecule has 0 saturated carbocycles. The number of likely N-dealkylation sites (tertiary alicyclic amines) is 1. The predicted molar refractivity (Wildman–Crippen MR) is 63.4 cm³/mol. The Labute approximate surface area is 102 Å². The van der Waals surface area contributed by atoms with Gasteiger partial charge in [0.25, 0.3) is 0 Å². The fourth-order valence-corrected chi connectivity index (χ4v) is 3.56. The summed E-state index contributed by atoms with van der Waals surface area (Å²) in [5.74, 6) is 0.160. The minimum Gasteiger partial charge on any atom is -0.381 e. The molecule has 0 N–H and O–H groups in total. The lowest BCUT2D eigenvalue weighted by Gasteiger charge is -2.40. The van der Waals surface area contributed by atoms with Gasteiger partial charge in [-0.25, -0.2) is 8.42 Å². The summed E-state index contributed by atoms with van der Waals surface area (Å²) in [5, 5.41) is -0.346. The molecule has 0 aromatic rings. The number of carbonyl (C=O) groups excluding carboxylic acids is 1. The lowest BCUT2D eigenvalue weighted by Crippen LogP contribution is -2.59. The smallest absolute Gasteiger partial charge is 0.228 e. The van der Waals surface area contributed by atoms with Crippen LogP contribution in [0.1, 0.15) is 19.8 Å². The molecule has 0 aromatic carbocycles. The van der Waals surface area contributed by atoms with E-state index < -0.39 is 9.84 Å². The highest BCUT2D eigenvalue weighted by atomic mass is 32.2. The van der Waals surface area contributed by atoms with Crippen LogP contribution in [0.3, 0.4) is 0 Å². The number of hydrogen-bond acceptors (Lipinski definition) is 4. The van der Waals surface area contributed by atoms with Crippen molar-refractivity contribution in [2.45, 2.75) is 25.0 Å². The largest absolute Gasteiger partial charge is 0.381 e. The van der Waals surface area contributed by atoms with E-state index in [9.17, 15) is 13.2 Å². The number of sulfone groups is 1. The SMILES string of the molecule is CCS(=O)(=O)C1CN(C(=O)C2CCCOC2)C1. The van der Waals surface area contributed by atoms with Gasteiger partial charge in [-0.2, -0.15) is 0 Å². The minimum absolute atomic E-state index is 0.0611. The number of nitrogens with zero attached hydrogens (tertiary/aromatic N) is 1. The van der Waals surface area contributed by atoms with Crippen LogP contribution in [0, 0.1) is 5.92 Å². The molecule has 2 heterocycles. The maximum Gasteiger partial charge on any atom is 0.228 e. The van der Waals surface area contributed by atoms with Crippen molar-refractivity contribution in [2.24, 2.45) is 5.92 Å². The molecule has 0 radical (unpaired) electrons. The summed E-state index contributed by atoms with van der Waals surface area (Å²) >= 11 is 0. The van der Waals surface area contributed by atoms with E-state index in [-0.39, 0.29) is 22.8 Å². The lowest BCUT2D eigenvalue weighted by molar-refractivity contribution is -0.143. The zero-order chi connectivity index (χ0) is 12.5. The number of hydrogen-bond donors (Lipinski definition) is 0. The summed E-state index contributed by atoms with van der Waals surface area (Å²) in [6, 6.07) is 0. The normalized spacial score (nSPS) is 26.6. The highest BCUT2D eigenvalue weighted by Gasteiger charge is 2.40. The molecule has 0 bridgehead atoms. The van der Waals surface area contributed by atoms with E-state index in [4.69, 9.17) is 4.74 Å². The highest BCUT2D eigenvalue weighted by molar-refractivity contribution is 7.92. The first kappa shape index (κ1) is 12.8. The van der Waals surface area contributed by atoms with Crippen molar-refractivity contribution in [3.05, 3.63) is 0 Å². The third-order valence-electron chi connectivity index (χ3n) is 3.58. The fraction of sp³-hybridized carbons (Fsp3) is 0.909. The molecule has 0 aliphatic carbocycles. The van der Waals surface area contributed by atoms with Crippen LogP contribution < -0.4 is 0 Å². The van der Waals surface area contributed by atoms with Gasteiger partial charge in [0.05, 0.1) is 17.8 Å². The van der Waals surface area contributed by atoms with Crippen LogP contribution in [-0.2, 0) is 19.4 Å². The molecule has 6 heteroatoms. The van der Waals surface area contributed by atoms with Crippen molar-refractivity contribution >= 4 is 15.7 Å². The number of amides is 1. The Morgan fingerprint density at radius 3 is 2.65 bits per heavy atom. The van der Waals surface area contributed by atoms with E-state index in [0.29, 0.717) is 19.7 Å². The Morgan fingerprint density at radius 1 is 1.41 bits per heavy atom. The summed E-state index contributed by atoms with van der Waals surface area (Å²) in [6.45, 7) is 3.60. The Balaban J connectivity index is 1.85. The maximum absolute atomic E-state index is 12.0. The van der Waals surface area contributed by atoms with Crippen LogP contribution in [0.5, 0.6) is 0 Å². The molecule has 5 nitrogen and oxygen atoms in total. The maximum atomic E-state index is 12.0. The van der Waals surface area contributed by atoms with Crippen molar-refractivity contribution in [2.75, 3.05) is 32.1 Å². The van der Waals surface area contributed by atoms with Gasteiger partial charge >= 0.3 is 0 Å². The van der Waals surface area contributed by atoms with Gasteiger partial charge in [-0.3, -0.25) is 4.79 Å². The van der Waals surface area contributed by atoms with Gasteiger partial charge in [-0.1, -0.05) is 6.92 Å². The topological polar surface area (TPSA) is 63.7 Å². The number of carbonyl (C=O) groups is 1. The second kappa shape index (κ2) is 4.94. The Morgan fingerprint density at radius 2 is 2.12 bits per heavy atom. The third kappa shape index (κ3) is 2.63. The summed E-state index contributed by atoms with van der Waals surface area (Å²) in [4.78, 5) is 13.6. The molecule has 17 heavy (non-hydrogen) atoms. The van der Waals surface area contributed by atoms with Crippen molar-refractivity contribution in [1.82, 2.24) is 4.90 Å². The van der Waals surface area contributed by atoms with Gasteiger partial charge in [0.1, 0.15) is 0 Å². The Bertz CT molecular complexity index is 380. The van der Waals surface area contributed by atoms with Crippen LogP contribution in [0.25, 0.3) is 0 Å². The second-order valence-corrected chi connectivity index (χ2v) is 7.30. The number of ether oxygens (including phenoxy) is 1. The molecule has 2 rings (SSSR count). The van der Waals surface area contributed by atoms with Gasteiger partial charge in [0.2, 0.25) is 5.91 Å². The summed E-state index contributed by atoms with van der Waals surface area (Å²) in [7, 11) is -2.98. The first-order valence-electron chi connectivity index (χ1n) is 6.12. The first-order chi connectivity index (χ1) is 8.04. The molecule has 1 amide bonds. The molecule has 2 aliphatic heterocycles. The third-order valence-corrected chi connectivity index (χ3v) is 5.70. The van der Waals surface area contributed by atoms with E-state index in [1.807, 2.05) is 0 Å². The van der Waals surface area contributed by atoms with Gasteiger partial charge in [-0.05, 0) is 12.8 Å². The highest BCUT2D eigenvalue weighted by Crippen LogP contribution is 2.23. The molecule has 1 atom stereocenters. The molecular formula is C11H19NO4S. The first-order valence-corrected chi connectivity index (χ1v) is 7.84. The van der Waals surface area contributed by atoms with E-state index in [0.717, 1.165) is 19.4 Å².